The van der Waals surface area contributed by atoms with Crippen LogP contribution in [0.15, 0.2) is 12.1 Å². The summed E-state index contributed by atoms with van der Waals surface area (Å²) >= 11 is 5.30. The van der Waals surface area contributed by atoms with E-state index in [4.69, 9.17) is 11.6 Å². The molecule has 4 heteroatoms. The summed E-state index contributed by atoms with van der Waals surface area (Å²) < 4.78 is 26.0. The van der Waals surface area contributed by atoms with Crippen LogP contribution in [-0.4, -0.2) is 5.78 Å². The van der Waals surface area contributed by atoms with E-state index in [0.29, 0.717) is 0 Å². The van der Waals surface area contributed by atoms with E-state index < -0.39 is 16.7 Å². The number of rotatable bonds is 3. The van der Waals surface area contributed by atoms with Crippen LogP contribution in [0.4, 0.5) is 8.78 Å². The van der Waals surface area contributed by atoms with E-state index in [0.717, 1.165) is 12.1 Å². The van der Waals surface area contributed by atoms with Crippen LogP contribution in [0.5, 0.6) is 0 Å². The van der Waals surface area contributed by atoms with Gasteiger partial charge in [-0.2, -0.15) is 0 Å². The summed E-state index contributed by atoms with van der Waals surface area (Å²) in [6, 6.07) is 1.94. The van der Waals surface area contributed by atoms with Gasteiger partial charge < -0.3 is 0 Å². The first-order valence-corrected chi connectivity index (χ1v) is 4.97. The van der Waals surface area contributed by atoms with Gasteiger partial charge >= 0.3 is 0 Å². The molecule has 0 bridgehead atoms. The lowest BCUT2D eigenvalue weighted by Gasteiger charge is -2.05. The van der Waals surface area contributed by atoms with Gasteiger partial charge in [-0.25, -0.2) is 8.78 Å². The van der Waals surface area contributed by atoms with Crippen LogP contribution < -0.4 is 0 Å². The largest absolute Gasteiger partial charge is 0.294 e. The SMILES string of the molecule is CC(C)CC(=O)c1cc(F)c(Cl)c(F)c1. The molecule has 0 radical (unpaired) electrons. The molecule has 82 valence electrons. The van der Waals surface area contributed by atoms with Gasteiger partial charge in [0.25, 0.3) is 0 Å². The molecule has 0 aromatic heterocycles. The van der Waals surface area contributed by atoms with E-state index in [9.17, 15) is 13.6 Å². The number of hydrogen-bond acceptors (Lipinski definition) is 1. The molecule has 1 aromatic rings. The second kappa shape index (κ2) is 4.71. The Hall–Kier alpha value is -0.960. The van der Waals surface area contributed by atoms with Gasteiger partial charge in [0, 0.05) is 12.0 Å². The van der Waals surface area contributed by atoms with Crippen LogP contribution in [0, 0.1) is 17.6 Å². The fraction of sp³-hybridized carbons (Fsp3) is 0.364. The third kappa shape index (κ3) is 2.99. The predicted octanol–water partition coefficient (Wildman–Crippen LogP) is 3.85. The van der Waals surface area contributed by atoms with E-state index in [1.807, 2.05) is 13.8 Å². The fourth-order valence-corrected chi connectivity index (χ4v) is 1.31. The lowest BCUT2D eigenvalue weighted by atomic mass is 10.0. The Labute approximate surface area is 92.1 Å². The first-order valence-electron chi connectivity index (χ1n) is 4.59. The van der Waals surface area contributed by atoms with E-state index in [2.05, 4.69) is 0 Å². The third-order valence-electron chi connectivity index (χ3n) is 1.90. The van der Waals surface area contributed by atoms with Crippen LogP contribution in [0.25, 0.3) is 0 Å². The van der Waals surface area contributed by atoms with Crippen molar-refractivity contribution in [2.45, 2.75) is 20.3 Å². The maximum absolute atomic E-state index is 13.0. The molecule has 0 atom stereocenters. The summed E-state index contributed by atoms with van der Waals surface area (Å²) in [5, 5.41) is -0.573. The van der Waals surface area contributed by atoms with Crippen molar-refractivity contribution in [3.63, 3.8) is 0 Å². The van der Waals surface area contributed by atoms with Gasteiger partial charge in [-0.3, -0.25) is 4.79 Å². The van der Waals surface area contributed by atoms with Crippen molar-refractivity contribution in [3.8, 4) is 0 Å². The summed E-state index contributed by atoms with van der Waals surface area (Å²) in [5.41, 5.74) is 0.0306. The Morgan fingerprint density at radius 3 is 2.20 bits per heavy atom. The van der Waals surface area contributed by atoms with E-state index in [1.165, 1.54) is 0 Å². The van der Waals surface area contributed by atoms with Crippen LogP contribution in [-0.2, 0) is 0 Å². The van der Waals surface area contributed by atoms with Crippen LogP contribution in [0.1, 0.15) is 30.6 Å². The maximum atomic E-state index is 13.0. The Bertz CT molecular complexity index is 365. The van der Waals surface area contributed by atoms with Gasteiger partial charge in [0.05, 0.1) is 0 Å². The summed E-state index contributed by atoms with van der Waals surface area (Å²) in [6.45, 7) is 3.72. The average molecular weight is 233 g/mol. The lowest BCUT2D eigenvalue weighted by Crippen LogP contribution is -2.05. The Balaban J connectivity index is 3.01. The quantitative estimate of drug-likeness (QED) is 0.572. The van der Waals surface area contributed by atoms with Crippen molar-refractivity contribution in [2.24, 2.45) is 5.92 Å². The zero-order chi connectivity index (χ0) is 11.6. The number of carbonyl (C=O) groups excluding carboxylic acids is 1. The predicted molar refractivity (Wildman–Crippen MR) is 55.2 cm³/mol. The van der Waals surface area contributed by atoms with E-state index in [1.54, 1.807) is 0 Å². The Morgan fingerprint density at radius 1 is 1.33 bits per heavy atom. The molecule has 1 rings (SSSR count). The Kier molecular flexibility index (Phi) is 3.80. The zero-order valence-corrected chi connectivity index (χ0v) is 9.24. The number of halogens is 3. The molecular weight excluding hydrogens is 222 g/mol. The van der Waals surface area contributed by atoms with Gasteiger partial charge in [-0.1, -0.05) is 25.4 Å². The number of carbonyl (C=O) groups is 1. The number of ketones is 1. The van der Waals surface area contributed by atoms with E-state index in [-0.39, 0.29) is 23.7 Å². The summed E-state index contributed by atoms with van der Waals surface area (Å²) in [5.74, 6) is -1.92. The molecular formula is C11H11ClF2O. The first-order chi connectivity index (χ1) is 6.91. The molecule has 0 aliphatic carbocycles. The van der Waals surface area contributed by atoms with Crippen molar-refractivity contribution in [3.05, 3.63) is 34.4 Å². The van der Waals surface area contributed by atoms with Crippen molar-refractivity contribution >= 4 is 17.4 Å². The number of Topliss-reactive ketones (excluding diaryl/α,β-unsaturated/α-hetero) is 1. The van der Waals surface area contributed by atoms with Gasteiger partial charge in [0.2, 0.25) is 0 Å². The molecule has 0 N–H and O–H groups in total. The minimum atomic E-state index is -0.899. The van der Waals surface area contributed by atoms with Gasteiger partial charge in [-0.05, 0) is 18.1 Å². The smallest absolute Gasteiger partial charge is 0.163 e. The molecule has 1 aromatic carbocycles. The monoisotopic (exact) mass is 232 g/mol. The van der Waals surface area contributed by atoms with Crippen LogP contribution in [0.2, 0.25) is 5.02 Å². The molecule has 0 amide bonds. The van der Waals surface area contributed by atoms with Crippen molar-refractivity contribution in [1.29, 1.82) is 0 Å². The molecule has 0 fully saturated rings. The molecule has 0 saturated heterocycles. The summed E-state index contributed by atoms with van der Waals surface area (Å²) in [7, 11) is 0. The standard InChI is InChI=1S/C11H11ClF2O/c1-6(2)3-10(15)7-4-8(13)11(12)9(14)5-7/h4-6H,3H2,1-2H3. The molecule has 0 heterocycles. The molecule has 0 saturated carbocycles. The molecule has 0 unspecified atom stereocenters. The van der Waals surface area contributed by atoms with Crippen molar-refractivity contribution < 1.29 is 13.6 Å². The minimum absolute atomic E-state index is 0.0306. The Morgan fingerprint density at radius 2 is 1.80 bits per heavy atom. The number of hydrogen-bond donors (Lipinski definition) is 0. The third-order valence-corrected chi connectivity index (χ3v) is 2.26. The minimum Gasteiger partial charge on any atom is -0.294 e. The van der Waals surface area contributed by atoms with Gasteiger partial charge in [-0.15, -0.1) is 0 Å². The molecule has 15 heavy (non-hydrogen) atoms. The first kappa shape index (κ1) is 12.1. The molecule has 0 aliphatic rings. The summed E-state index contributed by atoms with van der Waals surface area (Å²) in [4.78, 5) is 11.5. The van der Waals surface area contributed by atoms with Crippen molar-refractivity contribution in [1.82, 2.24) is 0 Å². The maximum Gasteiger partial charge on any atom is 0.163 e. The average Bonchev–Trinajstić information content (AvgIpc) is 2.12. The lowest BCUT2D eigenvalue weighted by molar-refractivity contribution is 0.0967. The van der Waals surface area contributed by atoms with Gasteiger partial charge in [0.15, 0.2) is 5.78 Å². The zero-order valence-electron chi connectivity index (χ0n) is 8.48. The molecule has 0 spiro atoms. The highest BCUT2D eigenvalue weighted by Crippen LogP contribution is 2.21. The second-order valence-corrected chi connectivity index (χ2v) is 4.15. The van der Waals surface area contributed by atoms with Gasteiger partial charge in [0.1, 0.15) is 16.7 Å². The summed E-state index contributed by atoms with van der Waals surface area (Å²) in [6.07, 6.45) is 0.264. The fourth-order valence-electron chi connectivity index (χ4n) is 1.21. The highest BCUT2D eigenvalue weighted by Gasteiger charge is 2.14. The topological polar surface area (TPSA) is 17.1 Å². The van der Waals surface area contributed by atoms with Crippen LogP contribution >= 0.6 is 11.6 Å². The van der Waals surface area contributed by atoms with Crippen molar-refractivity contribution in [2.75, 3.05) is 0 Å². The number of benzene rings is 1. The highest BCUT2D eigenvalue weighted by atomic mass is 35.5. The van der Waals surface area contributed by atoms with E-state index >= 15 is 0 Å². The second-order valence-electron chi connectivity index (χ2n) is 3.78. The van der Waals surface area contributed by atoms with Crippen LogP contribution in [0.3, 0.4) is 0 Å². The highest BCUT2D eigenvalue weighted by molar-refractivity contribution is 6.31. The molecule has 0 aliphatic heterocycles. The normalized spacial score (nSPS) is 10.8. The molecule has 1 nitrogen and oxygen atoms in total.